The molecule has 1 N–H and O–H groups in total. The first-order valence-electron chi connectivity index (χ1n) is 6.08. The molecule has 0 saturated carbocycles. The number of ether oxygens (including phenoxy) is 3. The Balaban J connectivity index is 2.84. The minimum atomic E-state index is -0.618. The van der Waals surface area contributed by atoms with Gasteiger partial charge in [-0.2, -0.15) is 5.10 Å². The van der Waals surface area contributed by atoms with Crippen molar-refractivity contribution in [3.05, 3.63) is 22.7 Å². The fraction of sp³-hybridized carbons (Fsp3) is 0.385. The molecule has 0 saturated heterocycles. The molecule has 1 aromatic rings. The molecular weight excluding hydrogens is 284 g/mol. The van der Waals surface area contributed by atoms with Gasteiger partial charge < -0.3 is 14.2 Å². The van der Waals surface area contributed by atoms with Gasteiger partial charge in [-0.25, -0.2) is 10.2 Å². The van der Waals surface area contributed by atoms with Gasteiger partial charge in [0.05, 0.1) is 31.6 Å². The number of amides is 1. The first kappa shape index (κ1) is 16.1. The summed E-state index contributed by atoms with van der Waals surface area (Å²) in [5, 5.41) is 4.15. The molecule has 0 aromatic heterocycles. The quantitative estimate of drug-likeness (QED) is 0.648. The molecule has 0 heterocycles. The largest absolute Gasteiger partial charge is 0.493 e. The fourth-order valence-corrected chi connectivity index (χ4v) is 1.70. The lowest BCUT2D eigenvalue weighted by Crippen LogP contribution is -2.18. The van der Waals surface area contributed by atoms with Gasteiger partial charge >= 0.3 is 6.09 Å². The summed E-state index contributed by atoms with van der Waals surface area (Å²) in [4.78, 5) is 11.0. The molecule has 7 heteroatoms. The molecule has 1 amide bonds. The van der Waals surface area contributed by atoms with Crippen LogP contribution in [0.4, 0.5) is 4.79 Å². The lowest BCUT2D eigenvalue weighted by atomic mass is 10.2. The number of carbonyl (C=O) groups is 1. The molecule has 0 atom stereocenters. The molecule has 0 aliphatic heterocycles. The van der Waals surface area contributed by atoms with Crippen LogP contribution in [-0.4, -0.2) is 32.6 Å². The Morgan fingerprint density at radius 3 is 2.75 bits per heavy atom. The Morgan fingerprint density at radius 2 is 2.15 bits per heavy atom. The van der Waals surface area contributed by atoms with E-state index in [4.69, 9.17) is 21.1 Å². The second-order valence-electron chi connectivity index (χ2n) is 3.56. The summed E-state index contributed by atoms with van der Waals surface area (Å²) in [5.41, 5.74) is 2.88. The summed E-state index contributed by atoms with van der Waals surface area (Å²) in [6.07, 6.45) is 0.814. The predicted molar refractivity (Wildman–Crippen MR) is 76.9 cm³/mol. The van der Waals surface area contributed by atoms with Crippen LogP contribution in [-0.2, 0) is 4.74 Å². The number of hydrogen-bond donors (Lipinski definition) is 1. The molecule has 1 aromatic carbocycles. The maximum atomic E-state index is 11.0. The molecule has 0 fully saturated rings. The molecule has 1 rings (SSSR count). The first-order chi connectivity index (χ1) is 9.62. The van der Waals surface area contributed by atoms with Crippen molar-refractivity contribution in [2.75, 3.05) is 20.3 Å². The second-order valence-corrected chi connectivity index (χ2v) is 3.96. The summed E-state index contributed by atoms with van der Waals surface area (Å²) in [6.45, 7) is 4.33. The van der Waals surface area contributed by atoms with Crippen molar-refractivity contribution >= 4 is 23.9 Å². The number of hydrogen-bond acceptors (Lipinski definition) is 5. The van der Waals surface area contributed by atoms with Crippen molar-refractivity contribution in [2.24, 2.45) is 5.10 Å². The first-order valence-corrected chi connectivity index (χ1v) is 6.46. The van der Waals surface area contributed by atoms with Crippen LogP contribution in [0.15, 0.2) is 17.2 Å². The molecule has 0 bridgehead atoms. The van der Waals surface area contributed by atoms with Crippen LogP contribution >= 0.6 is 11.6 Å². The van der Waals surface area contributed by atoms with Gasteiger partial charge in [-0.1, -0.05) is 11.6 Å². The minimum Gasteiger partial charge on any atom is -0.493 e. The molecule has 0 radical (unpaired) electrons. The summed E-state index contributed by atoms with van der Waals surface area (Å²) >= 11 is 6.10. The van der Waals surface area contributed by atoms with Gasteiger partial charge in [-0.3, -0.25) is 0 Å². The van der Waals surface area contributed by atoms with E-state index >= 15 is 0 Å². The van der Waals surface area contributed by atoms with E-state index in [2.05, 4.69) is 15.3 Å². The van der Waals surface area contributed by atoms with Gasteiger partial charge in [0.1, 0.15) is 0 Å². The maximum absolute atomic E-state index is 11.0. The van der Waals surface area contributed by atoms with Crippen molar-refractivity contribution in [3.63, 3.8) is 0 Å². The zero-order valence-electron chi connectivity index (χ0n) is 11.6. The van der Waals surface area contributed by atoms with Crippen molar-refractivity contribution in [2.45, 2.75) is 13.8 Å². The highest BCUT2D eigenvalue weighted by molar-refractivity contribution is 6.32. The van der Waals surface area contributed by atoms with Gasteiger partial charge in [0.25, 0.3) is 0 Å². The predicted octanol–water partition coefficient (Wildman–Crippen LogP) is 2.83. The van der Waals surface area contributed by atoms with E-state index in [1.807, 2.05) is 6.92 Å². The van der Waals surface area contributed by atoms with Crippen LogP contribution in [0.3, 0.4) is 0 Å². The standard InChI is InChI=1S/C13H17ClN2O4/c1-4-19-12-10(14)6-9(7-11(12)18-3)8-15-16-13(17)20-5-2/h6-8H,4-5H2,1-3H3,(H,16,17)/b15-8-. The van der Waals surface area contributed by atoms with Crippen LogP contribution in [0.2, 0.25) is 5.02 Å². The molecule has 0 aliphatic rings. The number of nitrogens with zero attached hydrogens (tertiary/aromatic N) is 1. The van der Waals surface area contributed by atoms with Crippen molar-refractivity contribution in [1.82, 2.24) is 5.43 Å². The zero-order valence-corrected chi connectivity index (χ0v) is 12.4. The highest BCUT2D eigenvalue weighted by Crippen LogP contribution is 2.35. The van der Waals surface area contributed by atoms with Gasteiger partial charge in [0, 0.05) is 0 Å². The van der Waals surface area contributed by atoms with Gasteiger partial charge in [0.2, 0.25) is 0 Å². The van der Waals surface area contributed by atoms with Gasteiger partial charge in [0.15, 0.2) is 11.5 Å². The topological polar surface area (TPSA) is 69.2 Å². The van der Waals surface area contributed by atoms with E-state index in [0.717, 1.165) is 0 Å². The lowest BCUT2D eigenvalue weighted by molar-refractivity contribution is 0.152. The maximum Gasteiger partial charge on any atom is 0.427 e. The zero-order chi connectivity index (χ0) is 15.0. The summed E-state index contributed by atoms with van der Waals surface area (Å²) in [7, 11) is 1.52. The summed E-state index contributed by atoms with van der Waals surface area (Å²) in [5.74, 6) is 0.976. The average molecular weight is 301 g/mol. The van der Waals surface area contributed by atoms with E-state index in [1.165, 1.54) is 13.3 Å². The number of nitrogens with one attached hydrogen (secondary N) is 1. The van der Waals surface area contributed by atoms with Crippen LogP contribution in [0.5, 0.6) is 11.5 Å². The average Bonchev–Trinajstić information content (AvgIpc) is 2.41. The van der Waals surface area contributed by atoms with Gasteiger partial charge in [-0.05, 0) is 31.5 Å². The Hall–Kier alpha value is -1.95. The number of hydrazone groups is 1. The highest BCUT2D eigenvalue weighted by atomic mass is 35.5. The summed E-state index contributed by atoms with van der Waals surface area (Å²) < 4.78 is 15.3. The van der Waals surface area contributed by atoms with E-state index in [0.29, 0.717) is 28.7 Å². The van der Waals surface area contributed by atoms with Crippen molar-refractivity contribution in [1.29, 1.82) is 0 Å². The number of halogens is 1. The Morgan fingerprint density at radius 1 is 1.40 bits per heavy atom. The molecular formula is C13H17ClN2O4. The Bertz CT molecular complexity index is 492. The highest BCUT2D eigenvalue weighted by Gasteiger charge is 2.10. The van der Waals surface area contributed by atoms with E-state index < -0.39 is 6.09 Å². The molecule has 0 aliphatic carbocycles. The molecule has 20 heavy (non-hydrogen) atoms. The number of methoxy groups -OCH3 is 1. The second kappa shape index (κ2) is 8.27. The number of rotatable bonds is 6. The number of carbonyl (C=O) groups excluding carboxylic acids is 1. The van der Waals surface area contributed by atoms with E-state index in [1.54, 1.807) is 19.1 Å². The third kappa shape index (κ3) is 4.62. The van der Waals surface area contributed by atoms with Crippen LogP contribution in [0.25, 0.3) is 0 Å². The normalized spacial score (nSPS) is 10.4. The molecule has 0 spiro atoms. The fourth-order valence-electron chi connectivity index (χ4n) is 1.42. The number of benzene rings is 1. The van der Waals surface area contributed by atoms with E-state index in [-0.39, 0.29) is 6.61 Å². The molecule has 0 unspecified atom stereocenters. The van der Waals surface area contributed by atoms with Crippen molar-refractivity contribution in [3.8, 4) is 11.5 Å². The third-order valence-electron chi connectivity index (χ3n) is 2.19. The molecule has 6 nitrogen and oxygen atoms in total. The summed E-state index contributed by atoms with van der Waals surface area (Å²) in [6, 6.07) is 3.36. The van der Waals surface area contributed by atoms with Crippen molar-refractivity contribution < 1.29 is 19.0 Å². The van der Waals surface area contributed by atoms with Crippen LogP contribution in [0, 0.1) is 0 Å². The SMILES string of the molecule is CCOC(=O)N/N=C\c1cc(Cl)c(OCC)c(OC)c1. The molecule has 110 valence electrons. The Labute approximate surface area is 122 Å². The minimum absolute atomic E-state index is 0.282. The van der Waals surface area contributed by atoms with Crippen LogP contribution < -0.4 is 14.9 Å². The van der Waals surface area contributed by atoms with Gasteiger partial charge in [-0.15, -0.1) is 0 Å². The third-order valence-corrected chi connectivity index (χ3v) is 2.47. The lowest BCUT2D eigenvalue weighted by Gasteiger charge is -2.11. The van der Waals surface area contributed by atoms with Crippen LogP contribution in [0.1, 0.15) is 19.4 Å². The monoisotopic (exact) mass is 300 g/mol. The van der Waals surface area contributed by atoms with E-state index in [9.17, 15) is 4.79 Å². The Kier molecular flexibility index (Phi) is 6.66. The smallest absolute Gasteiger partial charge is 0.427 e.